The Balaban J connectivity index is 1.43. The number of fused-ring (bicyclic) bond motifs is 1. The Labute approximate surface area is 135 Å². The Hall–Kier alpha value is -2.20. The lowest BCUT2D eigenvalue weighted by atomic mass is 10.0. The number of halogens is 1. The maximum absolute atomic E-state index is 13.0. The normalized spacial score (nSPS) is 24.2. The van der Waals surface area contributed by atoms with E-state index in [2.05, 4.69) is 4.90 Å². The zero-order valence-corrected chi connectivity index (χ0v) is 12.9. The number of hydrogen-bond donors (Lipinski definition) is 0. The number of likely N-dealkylation sites (tertiary alicyclic amines) is 1. The Morgan fingerprint density at radius 1 is 0.957 bits per heavy atom. The summed E-state index contributed by atoms with van der Waals surface area (Å²) in [5.41, 5.74) is 2.09. The van der Waals surface area contributed by atoms with E-state index in [0.717, 1.165) is 37.4 Å². The van der Waals surface area contributed by atoms with Gasteiger partial charge in [0.25, 0.3) is 0 Å². The third kappa shape index (κ3) is 2.75. The van der Waals surface area contributed by atoms with E-state index in [9.17, 15) is 9.18 Å². The lowest BCUT2D eigenvalue weighted by molar-refractivity contribution is -0.120. The van der Waals surface area contributed by atoms with Gasteiger partial charge in [-0.2, -0.15) is 0 Å². The third-order valence-electron chi connectivity index (χ3n) is 4.90. The van der Waals surface area contributed by atoms with E-state index in [4.69, 9.17) is 0 Å². The maximum Gasteiger partial charge on any atom is 0.231 e. The molecule has 2 aliphatic heterocycles. The number of carbonyl (C=O) groups is 1. The van der Waals surface area contributed by atoms with Gasteiger partial charge in [-0.3, -0.25) is 9.69 Å². The highest BCUT2D eigenvalue weighted by molar-refractivity contribution is 5.98. The van der Waals surface area contributed by atoms with Gasteiger partial charge in [-0.05, 0) is 29.8 Å². The van der Waals surface area contributed by atoms with Gasteiger partial charge >= 0.3 is 0 Å². The summed E-state index contributed by atoms with van der Waals surface area (Å²) in [5, 5.41) is 0. The summed E-state index contributed by atoms with van der Waals surface area (Å²) in [4.78, 5) is 16.9. The first-order chi connectivity index (χ1) is 11.2. The molecule has 1 amide bonds. The van der Waals surface area contributed by atoms with E-state index in [-0.39, 0.29) is 17.6 Å². The van der Waals surface area contributed by atoms with Crippen molar-refractivity contribution in [2.24, 2.45) is 11.8 Å². The molecule has 0 aromatic heterocycles. The molecule has 0 saturated carbocycles. The van der Waals surface area contributed by atoms with Crippen molar-refractivity contribution in [2.75, 3.05) is 24.5 Å². The summed E-state index contributed by atoms with van der Waals surface area (Å²) in [6, 6.07) is 16.5. The zero-order valence-electron chi connectivity index (χ0n) is 12.9. The molecule has 0 bridgehead atoms. The van der Waals surface area contributed by atoms with E-state index >= 15 is 0 Å². The van der Waals surface area contributed by atoms with Crippen LogP contribution in [0.15, 0.2) is 54.6 Å². The molecule has 2 aliphatic rings. The molecule has 0 aliphatic carbocycles. The fraction of sp³-hybridized carbons (Fsp3) is 0.316. The fourth-order valence-corrected chi connectivity index (χ4v) is 3.77. The first-order valence-electron chi connectivity index (χ1n) is 8.04. The zero-order chi connectivity index (χ0) is 15.8. The van der Waals surface area contributed by atoms with Crippen LogP contribution in [0, 0.1) is 17.7 Å². The van der Waals surface area contributed by atoms with E-state index in [1.807, 2.05) is 47.4 Å². The predicted molar refractivity (Wildman–Crippen MR) is 87.5 cm³/mol. The first-order valence-corrected chi connectivity index (χ1v) is 8.04. The van der Waals surface area contributed by atoms with Crippen molar-refractivity contribution in [3.63, 3.8) is 0 Å². The van der Waals surface area contributed by atoms with Crippen molar-refractivity contribution in [3.8, 4) is 0 Å². The summed E-state index contributed by atoms with van der Waals surface area (Å²) in [6.45, 7) is 3.31. The van der Waals surface area contributed by atoms with Crippen molar-refractivity contribution in [1.82, 2.24) is 4.90 Å². The van der Waals surface area contributed by atoms with Gasteiger partial charge in [0.05, 0.1) is 5.92 Å². The van der Waals surface area contributed by atoms with E-state index in [0.29, 0.717) is 5.92 Å². The number of carbonyl (C=O) groups excluding carboxylic acids is 1. The molecule has 2 aromatic carbocycles. The van der Waals surface area contributed by atoms with Crippen LogP contribution in [0.5, 0.6) is 0 Å². The van der Waals surface area contributed by atoms with Crippen molar-refractivity contribution in [2.45, 2.75) is 6.54 Å². The van der Waals surface area contributed by atoms with Crippen molar-refractivity contribution < 1.29 is 9.18 Å². The van der Waals surface area contributed by atoms with Gasteiger partial charge < -0.3 is 4.90 Å². The van der Waals surface area contributed by atoms with Crippen molar-refractivity contribution >= 4 is 11.6 Å². The molecule has 23 heavy (non-hydrogen) atoms. The van der Waals surface area contributed by atoms with Crippen LogP contribution in [0.25, 0.3) is 0 Å². The molecular weight excluding hydrogens is 291 g/mol. The molecule has 2 heterocycles. The maximum atomic E-state index is 13.0. The predicted octanol–water partition coefficient (Wildman–Crippen LogP) is 2.92. The van der Waals surface area contributed by atoms with Gasteiger partial charge in [0.15, 0.2) is 0 Å². The number of rotatable bonds is 3. The number of amides is 1. The minimum Gasteiger partial charge on any atom is -0.312 e. The van der Waals surface area contributed by atoms with Crippen LogP contribution in [0.2, 0.25) is 0 Å². The molecule has 118 valence electrons. The van der Waals surface area contributed by atoms with Crippen LogP contribution in [-0.2, 0) is 11.3 Å². The Morgan fingerprint density at radius 2 is 1.70 bits per heavy atom. The molecule has 2 fully saturated rings. The quantitative estimate of drug-likeness (QED) is 0.870. The average molecular weight is 310 g/mol. The number of para-hydroxylation sites is 1. The van der Waals surface area contributed by atoms with E-state index < -0.39 is 0 Å². The summed E-state index contributed by atoms with van der Waals surface area (Å²) in [5.74, 6) is 0.516. The SMILES string of the molecule is O=C1[C@@H]2CN(Cc3ccc(F)cc3)C[C@@H]2CN1c1ccccc1. The largest absolute Gasteiger partial charge is 0.312 e. The monoisotopic (exact) mass is 310 g/mol. The minimum atomic E-state index is -0.208. The second-order valence-corrected chi connectivity index (χ2v) is 6.47. The molecule has 2 atom stereocenters. The second-order valence-electron chi connectivity index (χ2n) is 6.47. The van der Waals surface area contributed by atoms with Crippen LogP contribution >= 0.6 is 0 Å². The van der Waals surface area contributed by atoms with Gasteiger partial charge in [0.2, 0.25) is 5.91 Å². The highest BCUT2D eigenvalue weighted by Crippen LogP contribution is 2.35. The fourth-order valence-electron chi connectivity index (χ4n) is 3.77. The average Bonchev–Trinajstić information content (AvgIpc) is 3.10. The van der Waals surface area contributed by atoms with Crippen LogP contribution in [0.1, 0.15) is 5.56 Å². The molecule has 2 aromatic rings. The Kier molecular flexibility index (Phi) is 3.62. The third-order valence-corrected chi connectivity index (χ3v) is 4.90. The molecule has 0 N–H and O–H groups in total. The second kappa shape index (κ2) is 5.78. The molecular formula is C19H19FN2O. The highest BCUT2D eigenvalue weighted by Gasteiger charge is 2.46. The summed E-state index contributed by atoms with van der Waals surface area (Å²) in [6.07, 6.45) is 0. The number of hydrogen-bond acceptors (Lipinski definition) is 2. The summed E-state index contributed by atoms with van der Waals surface area (Å²) < 4.78 is 13.0. The van der Waals surface area contributed by atoms with E-state index in [1.54, 1.807) is 0 Å². The molecule has 0 spiro atoms. The molecule has 3 nitrogen and oxygen atoms in total. The molecule has 0 unspecified atom stereocenters. The van der Waals surface area contributed by atoms with Gasteiger partial charge in [0, 0.05) is 37.8 Å². The molecule has 0 radical (unpaired) electrons. The smallest absolute Gasteiger partial charge is 0.231 e. The van der Waals surface area contributed by atoms with Crippen LogP contribution in [0.4, 0.5) is 10.1 Å². The van der Waals surface area contributed by atoms with Crippen molar-refractivity contribution in [1.29, 1.82) is 0 Å². The first kappa shape index (κ1) is 14.4. The van der Waals surface area contributed by atoms with Crippen molar-refractivity contribution in [3.05, 3.63) is 66.0 Å². The lowest BCUT2D eigenvalue weighted by Crippen LogP contribution is -2.32. The standard InChI is InChI=1S/C19H19FN2O/c20-16-8-6-14(7-9-16)10-21-11-15-12-22(19(23)18(15)13-21)17-4-2-1-3-5-17/h1-9,15,18H,10-13H2/t15-,18-/m1/s1. The lowest BCUT2D eigenvalue weighted by Gasteiger charge is -2.21. The molecule has 4 rings (SSSR count). The summed E-state index contributed by atoms with van der Waals surface area (Å²) >= 11 is 0. The van der Waals surface area contributed by atoms with Crippen LogP contribution < -0.4 is 4.90 Å². The Bertz CT molecular complexity index is 701. The topological polar surface area (TPSA) is 23.6 Å². The minimum absolute atomic E-state index is 0.0932. The van der Waals surface area contributed by atoms with Gasteiger partial charge in [-0.15, -0.1) is 0 Å². The highest BCUT2D eigenvalue weighted by atomic mass is 19.1. The number of nitrogens with zero attached hydrogens (tertiary/aromatic N) is 2. The molecule has 4 heteroatoms. The Morgan fingerprint density at radius 3 is 2.39 bits per heavy atom. The molecule has 2 saturated heterocycles. The van der Waals surface area contributed by atoms with Gasteiger partial charge in [-0.25, -0.2) is 4.39 Å². The van der Waals surface area contributed by atoms with Crippen LogP contribution in [0.3, 0.4) is 0 Å². The summed E-state index contributed by atoms with van der Waals surface area (Å²) in [7, 11) is 0. The number of benzene rings is 2. The van der Waals surface area contributed by atoms with Gasteiger partial charge in [-0.1, -0.05) is 30.3 Å². The van der Waals surface area contributed by atoms with Crippen LogP contribution in [-0.4, -0.2) is 30.4 Å². The van der Waals surface area contributed by atoms with Gasteiger partial charge in [0.1, 0.15) is 5.82 Å². The van der Waals surface area contributed by atoms with E-state index in [1.165, 1.54) is 12.1 Å². The number of anilines is 1.